The standard InChI is InChI=1S/C9H15N3O2/c1-5(13)10-8-11-6(7(14)12-8)9(2,3)4/h6H,1-4H3,(H2,10,11,12,13,14). The summed E-state index contributed by atoms with van der Waals surface area (Å²) in [6.45, 7) is 7.16. The molecule has 1 rings (SSSR count). The van der Waals surface area contributed by atoms with Crippen molar-refractivity contribution >= 4 is 17.8 Å². The first-order valence-electron chi connectivity index (χ1n) is 4.47. The highest BCUT2D eigenvalue weighted by molar-refractivity contribution is 6.09. The molecule has 0 saturated heterocycles. The van der Waals surface area contributed by atoms with Gasteiger partial charge in [-0.05, 0) is 5.41 Å². The summed E-state index contributed by atoms with van der Waals surface area (Å²) in [5, 5.41) is 4.97. The van der Waals surface area contributed by atoms with Crippen LogP contribution < -0.4 is 10.6 Å². The maximum absolute atomic E-state index is 11.4. The van der Waals surface area contributed by atoms with E-state index in [4.69, 9.17) is 0 Å². The normalized spacial score (nSPS) is 21.6. The molecule has 78 valence electrons. The van der Waals surface area contributed by atoms with Gasteiger partial charge in [-0.15, -0.1) is 0 Å². The van der Waals surface area contributed by atoms with Crippen molar-refractivity contribution in [1.29, 1.82) is 0 Å². The fourth-order valence-electron chi connectivity index (χ4n) is 1.22. The number of carbonyl (C=O) groups is 2. The molecule has 0 radical (unpaired) electrons. The zero-order valence-electron chi connectivity index (χ0n) is 8.84. The van der Waals surface area contributed by atoms with Gasteiger partial charge >= 0.3 is 0 Å². The Balaban J connectivity index is 2.77. The van der Waals surface area contributed by atoms with Crippen LogP contribution in [-0.4, -0.2) is 23.8 Å². The summed E-state index contributed by atoms with van der Waals surface area (Å²) in [5.41, 5.74) is -0.232. The van der Waals surface area contributed by atoms with Crippen LogP contribution in [0.2, 0.25) is 0 Å². The van der Waals surface area contributed by atoms with Crippen molar-refractivity contribution in [3.63, 3.8) is 0 Å². The molecule has 0 aromatic heterocycles. The number of aliphatic imine (C=N–C) groups is 1. The van der Waals surface area contributed by atoms with Crippen molar-refractivity contribution < 1.29 is 9.59 Å². The maximum Gasteiger partial charge on any atom is 0.252 e. The van der Waals surface area contributed by atoms with Crippen LogP contribution in [0.3, 0.4) is 0 Å². The van der Waals surface area contributed by atoms with Crippen LogP contribution in [0.25, 0.3) is 0 Å². The van der Waals surface area contributed by atoms with Gasteiger partial charge in [0.05, 0.1) is 0 Å². The first-order valence-corrected chi connectivity index (χ1v) is 4.47. The minimum Gasteiger partial charge on any atom is -0.297 e. The predicted octanol–water partition coefficient (Wildman–Crippen LogP) is 0.0230. The zero-order chi connectivity index (χ0) is 10.9. The third kappa shape index (κ3) is 2.31. The molecule has 1 aliphatic rings. The number of nitrogens with zero attached hydrogens (tertiary/aromatic N) is 1. The largest absolute Gasteiger partial charge is 0.297 e. The van der Waals surface area contributed by atoms with Crippen molar-refractivity contribution in [2.45, 2.75) is 33.7 Å². The quantitative estimate of drug-likeness (QED) is 0.575. The number of amides is 2. The van der Waals surface area contributed by atoms with E-state index < -0.39 is 6.04 Å². The van der Waals surface area contributed by atoms with E-state index in [0.29, 0.717) is 0 Å². The Bertz CT molecular complexity index is 302. The Morgan fingerprint density at radius 2 is 2.07 bits per heavy atom. The molecule has 5 heteroatoms. The summed E-state index contributed by atoms with van der Waals surface area (Å²) in [6, 6.07) is -0.427. The van der Waals surface area contributed by atoms with Gasteiger partial charge < -0.3 is 0 Å². The Labute approximate surface area is 83.0 Å². The lowest BCUT2D eigenvalue weighted by Crippen LogP contribution is -2.41. The van der Waals surface area contributed by atoms with Crippen molar-refractivity contribution in [3.05, 3.63) is 0 Å². The molecular formula is C9H15N3O2. The zero-order valence-corrected chi connectivity index (χ0v) is 8.84. The smallest absolute Gasteiger partial charge is 0.252 e. The fourth-order valence-corrected chi connectivity index (χ4v) is 1.22. The van der Waals surface area contributed by atoms with E-state index >= 15 is 0 Å². The van der Waals surface area contributed by atoms with E-state index in [0.717, 1.165) is 0 Å². The Hall–Kier alpha value is -1.39. The molecule has 1 unspecified atom stereocenters. The third-order valence-corrected chi connectivity index (χ3v) is 1.86. The van der Waals surface area contributed by atoms with Crippen LogP contribution in [0.15, 0.2) is 4.99 Å². The Morgan fingerprint density at radius 1 is 1.50 bits per heavy atom. The van der Waals surface area contributed by atoms with Crippen LogP contribution >= 0.6 is 0 Å². The minimum atomic E-state index is -0.427. The van der Waals surface area contributed by atoms with Crippen LogP contribution in [-0.2, 0) is 9.59 Å². The lowest BCUT2D eigenvalue weighted by molar-refractivity contribution is -0.122. The second-order valence-electron chi connectivity index (χ2n) is 4.42. The first kappa shape index (κ1) is 10.7. The molecule has 14 heavy (non-hydrogen) atoms. The fraction of sp³-hybridized carbons (Fsp3) is 0.667. The Morgan fingerprint density at radius 3 is 2.43 bits per heavy atom. The highest BCUT2D eigenvalue weighted by Gasteiger charge is 2.36. The van der Waals surface area contributed by atoms with E-state index in [9.17, 15) is 9.59 Å². The lowest BCUT2D eigenvalue weighted by atomic mass is 9.87. The molecule has 0 aromatic rings. The summed E-state index contributed by atoms with van der Waals surface area (Å²) in [5.74, 6) is -0.151. The van der Waals surface area contributed by atoms with Crippen LogP contribution in [0.4, 0.5) is 0 Å². The number of nitrogens with one attached hydrogen (secondary N) is 2. The second-order valence-corrected chi connectivity index (χ2v) is 4.42. The van der Waals surface area contributed by atoms with Gasteiger partial charge in [-0.25, -0.2) is 4.99 Å². The number of hydrogen-bond acceptors (Lipinski definition) is 3. The van der Waals surface area contributed by atoms with Crippen LogP contribution in [0.1, 0.15) is 27.7 Å². The molecule has 0 fully saturated rings. The molecule has 0 spiro atoms. The van der Waals surface area contributed by atoms with Gasteiger partial charge in [0, 0.05) is 6.92 Å². The molecule has 1 atom stereocenters. The van der Waals surface area contributed by atoms with Crippen molar-refractivity contribution in [2.24, 2.45) is 10.4 Å². The average Bonchev–Trinajstić information content (AvgIpc) is 2.27. The minimum absolute atomic E-state index is 0.166. The van der Waals surface area contributed by atoms with E-state index in [2.05, 4.69) is 15.6 Å². The number of carbonyl (C=O) groups excluding carboxylic acids is 2. The van der Waals surface area contributed by atoms with E-state index in [1.165, 1.54) is 6.92 Å². The molecule has 2 amide bonds. The first-order chi connectivity index (χ1) is 6.30. The summed E-state index contributed by atoms with van der Waals surface area (Å²) >= 11 is 0. The summed E-state index contributed by atoms with van der Waals surface area (Å²) in [6.07, 6.45) is 0. The van der Waals surface area contributed by atoms with Gasteiger partial charge in [-0.1, -0.05) is 20.8 Å². The number of guanidine groups is 1. The van der Waals surface area contributed by atoms with Gasteiger partial charge in [0.2, 0.25) is 11.9 Å². The van der Waals surface area contributed by atoms with Gasteiger partial charge in [0.1, 0.15) is 6.04 Å². The average molecular weight is 197 g/mol. The molecule has 1 aliphatic heterocycles. The monoisotopic (exact) mass is 197 g/mol. The van der Waals surface area contributed by atoms with Gasteiger partial charge in [-0.2, -0.15) is 0 Å². The van der Waals surface area contributed by atoms with Crippen LogP contribution in [0, 0.1) is 5.41 Å². The highest BCUT2D eigenvalue weighted by atomic mass is 16.2. The maximum atomic E-state index is 11.4. The van der Waals surface area contributed by atoms with Crippen LogP contribution in [0.5, 0.6) is 0 Å². The molecule has 0 saturated carbocycles. The lowest BCUT2D eigenvalue weighted by Gasteiger charge is -2.21. The molecule has 1 heterocycles. The highest BCUT2D eigenvalue weighted by Crippen LogP contribution is 2.24. The van der Waals surface area contributed by atoms with E-state index in [1.807, 2.05) is 20.8 Å². The van der Waals surface area contributed by atoms with Gasteiger partial charge in [0.25, 0.3) is 5.91 Å². The number of hydrogen-bond donors (Lipinski definition) is 2. The number of rotatable bonds is 0. The third-order valence-electron chi connectivity index (χ3n) is 1.86. The molecular weight excluding hydrogens is 182 g/mol. The molecule has 2 N–H and O–H groups in total. The van der Waals surface area contributed by atoms with Crippen molar-refractivity contribution in [3.8, 4) is 0 Å². The summed E-state index contributed by atoms with van der Waals surface area (Å²) in [4.78, 5) is 26.3. The van der Waals surface area contributed by atoms with E-state index in [1.54, 1.807) is 0 Å². The van der Waals surface area contributed by atoms with Crippen molar-refractivity contribution in [2.75, 3.05) is 0 Å². The van der Waals surface area contributed by atoms with E-state index in [-0.39, 0.29) is 23.2 Å². The summed E-state index contributed by atoms with van der Waals surface area (Å²) in [7, 11) is 0. The molecule has 0 aromatic carbocycles. The topological polar surface area (TPSA) is 70.6 Å². The SMILES string of the molecule is CC(=O)NC1=NC(C(C)(C)C)C(=O)N1. The molecule has 5 nitrogen and oxygen atoms in total. The Kier molecular flexibility index (Phi) is 2.59. The molecule has 0 aliphatic carbocycles. The van der Waals surface area contributed by atoms with Gasteiger partial charge in [0.15, 0.2) is 0 Å². The second kappa shape index (κ2) is 3.40. The van der Waals surface area contributed by atoms with Gasteiger partial charge in [-0.3, -0.25) is 20.2 Å². The summed E-state index contributed by atoms with van der Waals surface area (Å²) < 4.78 is 0. The van der Waals surface area contributed by atoms with Crippen molar-refractivity contribution in [1.82, 2.24) is 10.6 Å². The molecule has 0 bridgehead atoms. The predicted molar refractivity (Wildman–Crippen MR) is 52.6 cm³/mol.